The Balaban J connectivity index is 1.71. The molecule has 0 saturated heterocycles. The monoisotopic (exact) mass is 397 g/mol. The fourth-order valence-electron chi connectivity index (χ4n) is 3.04. The third-order valence-electron chi connectivity index (χ3n) is 4.67. The molecule has 146 valence electrons. The lowest BCUT2D eigenvalue weighted by Crippen LogP contribution is -2.37. The summed E-state index contributed by atoms with van der Waals surface area (Å²) in [5.41, 5.74) is 1.83. The Kier molecular flexibility index (Phi) is 6.47. The van der Waals surface area contributed by atoms with Gasteiger partial charge in [0.2, 0.25) is 17.7 Å². The third-order valence-corrected chi connectivity index (χ3v) is 5.00. The maximum Gasteiger partial charge on any atom is 0.249 e. The predicted octanol–water partition coefficient (Wildman–Crippen LogP) is 5.32. The number of benzene rings is 2. The summed E-state index contributed by atoms with van der Waals surface area (Å²) < 4.78 is 5.77. The van der Waals surface area contributed by atoms with Gasteiger partial charge >= 0.3 is 0 Å². The molecule has 0 aliphatic heterocycles. The second-order valence-corrected chi connectivity index (χ2v) is 7.52. The summed E-state index contributed by atoms with van der Waals surface area (Å²) in [4.78, 5) is 14.7. The van der Waals surface area contributed by atoms with Crippen molar-refractivity contribution in [1.29, 1.82) is 0 Å². The zero-order valence-corrected chi connectivity index (χ0v) is 17.1. The number of halogens is 1. The fraction of sp³-hybridized carbons (Fsp3) is 0.318. The van der Waals surface area contributed by atoms with Crippen molar-refractivity contribution in [2.75, 3.05) is 0 Å². The van der Waals surface area contributed by atoms with Crippen LogP contribution >= 0.6 is 11.6 Å². The molecule has 1 amide bonds. The van der Waals surface area contributed by atoms with E-state index in [-0.39, 0.29) is 24.4 Å². The van der Waals surface area contributed by atoms with E-state index >= 15 is 0 Å². The van der Waals surface area contributed by atoms with Crippen LogP contribution in [0.2, 0.25) is 5.02 Å². The van der Waals surface area contributed by atoms with Gasteiger partial charge in [0.05, 0.1) is 17.1 Å². The Morgan fingerprint density at radius 2 is 1.71 bits per heavy atom. The zero-order chi connectivity index (χ0) is 20.1. The van der Waals surface area contributed by atoms with Crippen LogP contribution in [-0.4, -0.2) is 27.0 Å². The SMILES string of the molecule is CC(CC(=O)N(Cc1nnc(-c2ccccc2Cl)o1)C(C)C)c1ccccc1. The van der Waals surface area contributed by atoms with Gasteiger partial charge in [-0.15, -0.1) is 10.2 Å². The van der Waals surface area contributed by atoms with Crippen LogP contribution in [0, 0.1) is 0 Å². The highest BCUT2D eigenvalue weighted by Crippen LogP contribution is 2.27. The van der Waals surface area contributed by atoms with Crippen molar-refractivity contribution in [1.82, 2.24) is 15.1 Å². The molecule has 0 radical (unpaired) electrons. The Labute approximate surface area is 170 Å². The Morgan fingerprint density at radius 1 is 1.04 bits per heavy atom. The summed E-state index contributed by atoms with van der Waals surface area (Å²) in [6.45, 7) is 6.30. The molecule has 1 atom stereocenters. The highest BCUT2D eigenvalue weighted by atomic mass is 35.5. The Morgan fingerprint density at radius 3 is 2.39 bits per heavy atom. The first-order valence-corrected chi connectivity index (χ1v) is 9.75. The van der Waals surface area contributed by atoms with Crippen molar-refractivity contribution >= 4 is 17.5 Å². The molecule has 0 aliphatic rings. The lowest BCUT2D eigenvalue weighted by molar-refractivity contribution is -0.134. The maximum atomic E-state index is 12.9. The summed E-state index contributed by atoms with van der Waals surface area (Å²) >= 11 is 6.20. The topological polar surface area (TPSA) is 59.2 Å². The largest absolute Gasteiger partial charge is 0.419 e. The summed E-state index contributed by atoms with van der Waals surface area (Å²) in [5, 5.41) is 8.74. The highest BCUT2D eigenvalue weighted by Gasteiger charge is 2.23. The standard InChI is InChI=1S/C22H24ClN3O2/c1-15(2)26(21(27)13-16(3)17-9-5-4-6-10-17)14-20-24-25-22(28-20)18-11-7-8-12-19(18)23/h4-12,15-16H,13-14H2,1-3H3. The molecule has 0 fully saturated rings. The van der Waals surface area contributed by atoms with Gasteiger partial charge in [-0.2, -0.15) is 0 Å². The minimum Gasteiger partial charge on any atom is -0.419 e. The summed E-state index contributed by atoms with van der Waals surface area (Å²) in [6, 6.07) is 17.4. The van der Waals surface area contributed by atoms with Crippen molar-refractivity contribution in [3.63, 3.8) is 0 Å². The van der Waals surface area contributed by atoms with Crippen LogP contribution < -0.4 is 0 Å². The lowest BCUT2D eigenvalue weighted by atomic mass is 9.97. The molecule has 0 bridgehead atoms. The molecule has 3 aromatic rings. The van der Waals surface area contributed by atoms with Crippen molar-refractivity contribution in [2.45, 2.75) is 45.7 Å². The average Bonchev–Trinajstić information content (AvgIpc) is 3.15. The van der Waals surface area contributed by atoms with Crippen LogP contribution in [0.5, 0.6) is 0 Å². The van der Waals surface area contributed by atoms with Crippen LogP contribution in [0.4, 0.5) is 0 Å². The molecule has 3 rings (SSSR count). The fourth-order valence-corrected chi connectivity index (χ4v) is 3.26. The lowest BCUT2D eigenvalue weighted by Gasteiger charge is -2.26. The highest BCUT2D eigenvalue weighted by molar-refractivity contribution is 6.33. The van der Waals surface area contributed by atoms with Crippen molar-refractivity contribution in [2.24, 2.45) is 0 Å². The summed E-state index contributed by atoms with van der Waals surface area (Å²) in [7, 11) is 0. The number of rotatable bonds is 7. The molecule has 0 aliphatic carbocycles. The smallest absolute Gasteiger partial charge is 0.249 e. The van der Waals surface area contributed by atoms with Gasteiger partial charge in [-0.1, -0.05) is 61.0 Å². The summed E-state index contributed by atoms with van der Waals surface area (Å²) in [6.07, 6.45) is 0.424. The van der Waals surface area contributed by atoms with E-state index in [2.05, 4.69) is 17.1 Å². The van der Waals surface area contributed by atoms with Gasteiger partial charge in [0.15, 0.2) is 0 Å². The van der Waals surface area contributed by atoms with Crippen molar-refractivity contribution in [3.8, 4) is 11.5 Å². The van der Waals surface area contributed by atoms with Gasteiger partial charge in [0.25, 0.3) is 0 Å². The van der Waals surface area contributed by atoms with Crippen LogP contribution in [0.1, 0.15) is 44.6 Å². The number of nitrogens with zero attached hydrogens (tertiary/aromatic N) is 3. The molecule has 0 saturated carbocycles. The second-order valence-electron chi connectivity index (χ2n) is 7.11. The molecule has 6 heteroatoms. The number of hydrogen-bond acceptors (Lipinski definition) is 4. The van der Waals surface area contributed by atoms with Gasteiger partial charge in [-0.05, 0) is 37.5 Å². The van der Waals surface area contributed by atoms with Gasteiger partial charge in [0, 0.05) is 12.5 Å². The molecular formula is C22H24ClN3O2. The first kappa shape index (κ1) is 20.1. The van der Waals surface area contributed by atoms with Crippen LogP contribution in [0.3, 0.4) is 0 Å². The quantitative estimate of drug-likeness (QED) is 0.541. The van der Waals surface area contributed by atoms with E-state index in [0.29, 0.717) is 28.8 Å². The molecule has 2 aromatic carbocycles. The van der Waals surface area contributed by atoms with E-state index in [1.807, 2.05) is 62.4 Å². The molecular weight excluding hydrogens is 374 g/mol. The molecule has 1 heterocycles. The van der Waals surface area contributed by atoms with E-state index in [4.69, 9.17) is 16.0 Å². The summed E-state index contributed by atoms with van der Waals surface area (Å²) in [5.74, 6) is 0.943. The van der Waals surface area contributed by atoms with Crippen molar-refractivity contribution in [3.05, 3.63) is 71.1 Å². The van der Waals surface area contributed by atoms with E-state index in [9.17, 15) is 4.79 Å². The predicted molar refractivity (Wildman–Crippen MR) is 110 cm³/mol. The van der Waals surface area contributed by atoms with Crippen molar-refractivity contribution < 1.29 is 9.21 Å². The number of hydrogen-bond donors (Lipinski definition) is 0. The van der Waals surface area contributed by atoms with Gasteiger partial charge in [-0.3, -0.25) is 4.79 Å². The second kappa shape index (κ2) is 9.02. The molecule has 1 unspecified atom stereocenters. The van der Waals surface area contributed by atoms with E-state index in [1.165, 1.54) is 0 Å². The first-order valence-electron chi connectivity index (χ1n) is 9.37. The molecule has 28 heavy (non-hydrogen) atoms. The minimum absolute atomic E-state index is 0.0196. The maximum absolute atomic E-state index is 12.9. The zero-order valence-electron chi connectivity index (χ0n) is 16.3. The van der Waals surface area contributed by atoms with E-state index in [1.54, 1.807) is 11.0 Å². The molecule has 0 spiro atoms. The minimum atomic E-state index is 0.0196. The molecule has 0 N–H and O–H groups in total. The Bertz CT molecular complexity index is 924. The normalized spacial score (nSPS) is 12.2. The first-order chi connectivity index (χ1) is 13.5. The average molecular weight is 398 g/mol. The number of amides is 1. The Hall–Kier alpha value is -2.66. The van der Waals surface area contributed by atoms with Crippen LogP contribution in [-0.2, 0) is 11.3 Å². The van der Waals surface area contributed by atoms with Crippen LogP contribution in [0.15, 0.2) is 59.0 Å². The van der Waals surface area contributed by atoms with E-state index in [0.717, 1.165) is 5.56 Å². The number of aromatic nitrogens is 2. The molecule has 5 nitrogen and oxygen atoms in total. The third kappa shape index (κ3) is 4.78. The van der Waals surface area contributed by atoms with E-state index < -0.39 is 0 Å². The number of carbonyl (C=O) groups is 1. The van der Waals surface area contributed by atoms with Gasteiger partial charge < -0.3 is 9.32 Å². The molecule has 1 aromatic heterocycles. The van der Waals surface area contributed by atoms with Crippen LogP contribution in [0.25, 0.3) is 11.5 Å². The number of carbonyl (C=O) groups excluding carboxylic acids is 1. The van der Waals surface area contributed by atoms with Gasteiger partial charge in [0.1, 0.15) is 0 Å². The van der Waals surface area contributed by atoms with Gasteiger partial charge in [-0.25, -0.2) is 0 Å².